The number of ether oxygens (including phenoxy) is 1. The van der Waals surface area contributed by atoms with Crippen LogP contribution in [-0.4, -0.2) is 27.3 Å². The molecule has 0 N–H and O–H groups in total. The van der Waals surface area contributed by atoms with Gasteiger partial charge < -0.3 is 4.74 Å². The summed E-state index contributed by atoms with van der Waals surface area (Å²) >= 11 is 1.47. The molecule has 0 aromatic carbocycles. The van der Waals surface area contributed by atoms with Crippen LogP contribution in [0.4, 0.5) is 0 Å². The summed E-state index contributed by atoms with van der Waals surface area (Å²) in [6, 6.07) is 1.69. The third kappa shape index (κ3) is 1.96. The second kappa shape index (κ2) is 4.44. The first-order valence-electron chi connectivity index (χ1n) is 4.86. The molecule has 0 fully saturated rings. The minimum absolute atomic E-state index is 0.314. The normalized spacial score (nSPS) is 10.4. The van der Waals surface area contributed by atoms with Crippen molar-refractivity contribution in [3.8, 4) is 5.13 Å². The maximum absolute atomic E-state index is 11.5. The summed E-state index contributed by atoms with van der Waals surface area (Å²) in [6.07, 6.45) is 1.70. The predicted octanol–water partition coefficient (Wildman–Crippen LogP) is 1.81. The van der Waals surface area contributed by atoms with Crippen LogP contribution in [0.3, 0.4) is 0 Å². The van der Waals surface area contributed by atoms with Gasteiger partial charge >= 0.3 is 5.97 Å². The fraction of sp³-hybridized carbons (Fsp3) is 0.300. The Labute approximate surface area is 96.7 Å². The molecule has 0 saturated carbocycles. The number of carbonyl (C=O) groups excluding carboxylic acids is 1. The van der Waals surface area contributed by atoms with Crippen molar-refractivity contribution in [3.05, 3.63) is 29.0 Å². The molecule has 84 valence electrons. The van der Waals surface area contributed by atoms with Crippen molar-refractivity contribution >= 4 is 17.3 Å². The van der Waals surface area contributed by atoms with Crippen LogP contribution in [0.15, 0.2) is 17.6 Å². The summed E-state index contributed by atoms with van der Waals surface area (Å²) in [4.78, 5) is 15.6. The summed E-state index contributed by atoms with van der Waals surface area (Å²) < 4.78 is 6.52. The minimum atomic E-state index is -0.402. The maximum atomic E-state index is 11.5. The average molecular weight is 237 g/mol. The Morgan fingerprint density at radius 1 is 1.62 bits per heavy atom. The van der Waals surface area contributed by atoms with Crippen molar-refractivity contribution in [2.75, 3.05) is 6.61 Å². The van der Waals surface area contributed by atoms with Crippen molar-refractivity contribution in [3.63, 3.8) is 0 Å². The quantitative estimate of drug-likeness (QED) is 0.764. The molecule has 0 saturated heterocycles. The highest BCUT2D eigenvalue weighted by atomic mass is 32.1. The molecule has 6 heteroatoms. The Morgan fingerprint density at radius 2 is 2.44 bits per heavy atom. The molecule has 0 aliphatic heterocycles. The van der Waals surface area contributed by atoms with E-state index in [2.05, 4.69) is 10.1 Å². The van der Waals surface area contributed by atoms with Gasteiger partial charge in [0.25, 0.3) is 0 Å². The van der Waals surface area contributed by atoms with Gasteiger partial charge in [-0.1, -0.05) is 0 Å². The van der Waals surface area contributed by atoms with E-state index in [1.807, 2.05) is 12.3 Å². The molecule has 5 nitrogen and oxygen atoms in total. The van der Waals surface area contributed by atoms with Crippen molar-refractivity contribution in [1.82, 2.24) is 14.8 Å². The number of aryl methyl sites for hydroxylation is 1. The van der Waals surface area contributed by atoms with Crippen LogP contribution in [0.2, 0.25) is 0 Å². The van der Waals surface area contributed by atoms with Gasteiger partial charge in [0.1, 0.15) is 0 Å². The van der Waals surface area contributed by atoms with Crippen LogP contribution >= 0.6 is 11.3 Å². The first kappa shape index (κ1) is 10.8. The summed E-state index contributed by atoms with van der Waals surface area (Å²) in [5.41, 5.74) is 1.17. The van der Waals surface area contributed by atoms with E-state index in [4.69, 9.17) is 4.74 Å². The van der Waals surface area contributed by atoms with E-state index in [0.717, 1.165) is 10.8 Å². The lowest BCUT2D eigenvalue weighted by Crippen LogP contribution is -2.06. The monoisotopic (exact) mass is 237 g/mol. The van der Waals surface area contributed by atoms with Crippen LogP contribution in [0.5, 0.6) is 0 Å². The maximum Gasteiger partial charge on any atom is 0.358 e. The van der Waals surface area contributed by atoms with E-state index < -0.39 is 5.97 Å². The van der Waals surface area contributed by atoms with Gasteiger partial charge in [0.05, 0.1) is 6.61 Å². The number of rotatable bonds is 3. The Balaban J connectivity index is 2.32. The molecular weight excluding hydrogens is 226 g/mol. The minimum Gasteiger partial charge on any atom is -0.461 e. The number of hydrogen-bond donors (Lipinski definition) is 0. The van der Waals surface area contributed by atoms with Crippen molar-refractivity contribution in [2.24, 2.45) is 0 Å². The summed E-state index contributed by atoms with van der Waals surface area (Å²) in [5.74, 6) is -0.402. The predicted molar refractivity (Wildman–Crippen MR) is 59.9 cm³/mol. The van der Waals surface area contributed by atoms with Gasteiger partial charge in [-0.05, 0) is 19.9 Å². The molecule has 2 aromatic heterocycles. The fourth-order valence-corrected chi connectivity index (χ4v) is 1.94. The van der Waals surface area contributed by atoms with Crippen molar-refractivity contribution in [1.29, 1.82) is 0 Å². The van der Waals surface area contributed by atoms with Crippen LogP contribution in [-0.2, 0) is 4.74 Å². The number of nitrogens with zero attached hydrogens (tertiary/aromatic N) is 3. The van der Waals surface area contributed by atoms with Gasteiger partial charge in [0.15, 0.2) is 5.69 Å². The molecule has 0 atom stereocenters. The summed E-state index contributed by atoms with van der Waals surface area (Å²) in [5, 5.41) is 6.77. The van der Waals surface area contributed by atoms with E-state index in [0.29, 0.717) is 12.3 Å². The smallest absolute Gasteiger partial charge is 0.358 e. The Hall–Kier alpha value is -1.69. The molecule has 0 aliphatic rings. The van der Waals surface area contributed by atoms with E-state index in [1.165, 1.54) is 11.3 Å². The highest BCUT2D eigenvalue weighted by Crippen LogP contribution is 2.14. The zero-order chi connectivity index (χ0) is 11.5. The Morgan fingerprint density at radius 3 is 3.06 bits per heavy atom. The van der Waals surface area contributed by atoms with Crippen LogP contribution in [0, 0.1) is 6.92 Å². The van der Waals surface area contributed by atoms with Crippen LogP contribution in [0.1, 0.15) is 23.1 Å². The lowest BCUT2D eigenvalue weighted by Gasteiger charge is -1.97. The highest BCUT2D eigenvalue weighted by Gasteiger charge is 2.14. The zero-order valence-corrected chi connectivity index (χ0v) is 9.82. The molecule has 2 aromatic rings. The average Bonchev–Trinajstić information content (AvgIpc) is 2.86. The van der Waals surface area contributed by atoms with Gasteiger partial charge in [-0.3, -0.25) is 0 Å². The first-order chi connectivity index (χ1) is 7.72. The molecule has 0 spiro atoms. The van der Waals surface area contributed by atoms with E-state index >= 15 is 0 Å². The largest absolute Gasteiger partial charge is 0.461 e. The van der Waals surface area contributed by atoms with Crippen LogP contribution < -0.4 is 0 Å². The first-order valence-corrected chi connectivity index (χ1v) is 5.74. The third-order valence-corrected chi connectivity index (χ3v) is 2.72. The molecule has 0 aliphatic carbocycles. The molecule has 0 amide bonds. The van der Waals surface area contributed by atoms with Gasteiger partial charge in [-0.25, -0.2) is 14.5 Å². The molecular formula is C10H11N3O2S. The van der Waals surface area contributed by atoms with E-state index in [9.17, 15) is 4.79 Å². The highest BCUT2D eigenvalue weighted by molar-refractivity contribution is 7.12. The number of thiazole rings is 1. The second-order valence-corrected chi connectivity index (χ2v) is 3.99. The summed E-state index contributed by atoms with van der Waals surface area (Å²) in [6.45, 7) is 3.99. The molecule has 2 heterocycles. The standard InChI is InChI=1S/C10H11N3O2S/c1-3-15-9(14)8-6-7(2)13(12-8)10-11-4-5-16-10/h4-6H,3H2,1-2H3. The number of carbonyl (C=O) groups is 1. The third-order valence-electron chi connectivity index (χ3n) is 1.97. The van der Waals surface area contributed by atoms with Crippen molar-refractivity contribution in [2.45, 2.75) is 13.8 Å². The van der Waals surface area contributed by atoms with Crippen LogP contribution in [0.25, 0.3) is 5.13 Å². The topological polar surface area (TPSA) is 57.0 Å². The second-order valence-electron chi connectivity index (χ2n) is 3.12. The number of aromatic nitrogens is 3. The lowest BCUT2D eigenvalue weighted by molar-refractivity contribution is 0.0519. The molecule has 16 heavy (non-hydrogen) atoms. The van der Waals surface area contributed by atoms with Gasteiger partial charge in [0.2, 0.25) is 5.13 Å². The number of esters is 1. The van der Waals surface area contributed by atoms with E-state index in [-0.39, 0.29) is 0 Å². The van der Waals surface area contributed by atoms with E-state index in [1.54, 1.807) is 23.9 Å². The summed E-state index contributed by atoms with van der Waals surface area (Å²) in [7, 11) is 0. The SMILES string of the molecule is CCOC(=O)c1cc(C)n(-c2nccs2)n1. The Kier molecular flexibility index (Phi) is 3.00. The fourth-order valence-electron chi connectivity index (χ4n) is 1.29. The molecule has 0 unspecified atom stereocenters. The Bertz CT molecular complexity index is 490. The van der Waals surface area contributed by atoms with Gasteiger partial charge in [0, 0.05) is 17.3 Å². The van der Waals surface area contributed by atoms with Gasteiger partial charge in [-0.2, -0.15) is 5.10 Å². The van der Waals surface area contributed by atoms with Gasteiger partial charge in [-0.15, -0.1) is 11.3 Å². The lowest BCUT2D eigenvalue weighted by atomic mass is 10.4. The molecule has 0 radical (unpaired) electrons. The molecule has 0 bridgehead atoms. The number of hydrogen-bond acceptors (Lipinski definition) is 5. The molecule has 2 rings (SSSR count). The van der Waals surface area contributed by atoms with Crippen molar-refractivity contribution < 1.29 is 9.53 Å². The zero-order valence-electron chi connectivity index (χ0n) is 9.01.